The normalized spacial score (nSPS) is 12.7. The second-order valence-electron chi connectivity index (χ2n) is 9.31. The van der Waals surface area contributed by atoms with Crippen molar-refractivity contribution in [2.75, 3.05) is 26.5 Å². The van der Waals surface area contributed by atoms with Crippen molar-refractivity contribution in [3.8, 4) is 0 Å². The Morgan fingerprint density at radius 3 is 2.48 bits per heavy atom. The molecule has 0 fully saturated rings. The highest BCUT2D eigenvalue weighted by Crippen LogP contribution is 2.24. The maximum atomic E-state index is 13.0. The first-order valence-electron chi connectivity index (χ1n) is 10.5. The Morgan fingerprint density at radius 2 is 1.77 bits per heavy atom. The van der Waals surface area contributed by atoms with E-state index < -0.39 is 9.84 Å². The lowest BCUT2D eigenvalue weighted by Gasteiger charge is -2.21. The number of nitrogens with zero attached hydrogens (tertiary/aromatic N) is 3. The summed E-state index contributed by atoms with van der Waals surface area (Å²) < 4.78 is 33.1. The highest BCUT2D eigenvalue weighted by atomic mass is 32.2. The van der Waals surface area contributed by atoms with Crippen LogP contribution in [0.2, 0.25) is 0 Å². The van der Waals surface area contributed by atoms with Crippen LogP contribution in [0.25, 0.3) is 10.8 Å². The smallest absolute Gasteiger partial charge is 0.227 e. The fraction of sp³-hybridized carbons (Fsp3) is 0.458. The number of hydrogen-bond donors (Lipinski definition) is 0. The Kier molecular flexibility index (Phi) is 7.19. The standard InChI is InChI=1S/C24H33N3O3S/c1-24(2,3)18-31(28,29)23-25-15-21(27(23)13-14-30-5)17-26(4)16-20-11-8-10-19-9-6-7-12-22(19)20/h6-12,15H,13-14,16-18H2,1-5H3. The van der Waals surface area contributed by atoms with Gasteiger partial charge in [0.1, 0.15) is 0 Å². The van der Waals surface area contributed by atoms with E-state index in [2.05, 4.69) is 46.3 Å². The van der Waals surface area contributed by atoms with Gasteiger partial charge in [0.2, 0.25) is 15.0 Å². The van der Waals surface area contributed by atoms with E-state index in [0.717, 1.165) is 12.2 Å². The number of imidazole rings is 1. The van der Waals surface area contributed by atoms with Gasteiger partial charge in [0.25, 0.3) is 0 Å². The van der Waals surface area contributed by atoms with Gasteiger partial charge in [-0.3, -0.25) is 4.90 Å². The molecule has 3 aromatic rings. The summed E-state index contributed by atoms with van der Waals surface area (Å²) in [5, 5.41) is 2.58. The molecule has 0 N–H and O–H groups in total. The molecule has 6 nitrogen and oxygen atoms in total. The number of ether oxygens (including phenoxy) is 1. The van der Waals surface area contributed by atoms with Crippen molar-refractivity contribution in [2.45, 2.75) is 45.6 Å². The summed E-state index contributed by atoms with van der Waals surface area (Å²) in [7, 11) is 0.154. The zero-order chi connectivity index (χ0) is 22.6. The van der Waals surface area contributed by atoms with Crippen LogP contribution in [0.15, 0.2) is 53.8 Å². The summed E-state index contributed by atoms with van der Waals surface area (Å²) in [6, 6.07) is 14.7. The quantitative estimate of drug-likeness (QED) is 0.497. The van der Waals surface area contributed by atoms with Crippen LogP contribution in [0.5, 0.6) is 0 Å². The number of aromatic nitrogens is 2. The van der Waals surface area contributed by atoms with Gasteiger partial charge in [0.05, 0.1) is 24.3 Å². The fourth-order valence-corrected chi connectivity index (χ4v) is 5.90. The highest BCUT2D eigenvalue weighted by Gasteiger charge is 2.29. The molecule has 0 spiro atoms. The number of rotatable bonds is 9. The van der Waals surface area contributed by atoms with Crippen molar-refractivity contribution in [2.24, 2.45) is 5.41 Å². The number of hydrogen-bond acceptors (Lipinski definition) is 5. The molecule has 0 amide bonds. The molecule has 0 radical (unpaired) electrons. The largest absolute Gasteiger partial charge is 0.383 e. The van der Waals surface area contributed by atoms with Gasteiger partial charge in [0, 0.05) is 26.7 Å². The molecule has 7 heteroatoms. The molecular formula is C24H33N3O3S. The zero-order valence-electron chi connectivity index (χ0n) is 19.1. The van der Waals surface area contributed by atoms with Crippen LogP contribution in [0.3, 0.4) is 0 Å². The van der Waals surface area contributed by atoms with Crippen molar-refractivity contribution in [1.29, 1.82) is 0 Å². The van der Waals surface area contributed by atoms with Crippen LogP contribution in [0.1, 0.15) is 32.0 Å². The van der Waals surface area contributed by atoms with E-state index in [1.807, 2.05) is 33.9 Å². The molecule has 0 bridgehead atoms. The predicted molar refractivity (Wildman–Crippen MR) is 125 cm³/mol. The first-order chi connectivity index (χ1) is 14.6. The van der Waals surface area contributed by atoms with E-state index in [-0.39, 0.29) is 16.3 Å². The molecule has 0 unspecified atom stereocenters. The van der Waals surface area contributed by atoms with Crippen molar-refractivity contribution >= 4 is 20.6 Å². The first kappa shape index (κ1) is 23.4. The van der Waals surface area contributed by atoms with Gasteiger partial charge in [-0.25, -0.2) is 13.4 Å². The lowest BCUT2D eigenvalue weighted by Crippen LogP contribution is -2.26. The molecule has 0 aliphatic rings. The van der Waals surface area contributed by atoms with Gasteiger partial charge in [-0.2, -0.15) is 0 Å². The van der Waals surface area contributed by atoms with Crippen molar-refractivity contribution < 1.29 is 13.2 Å². The first-order valence-corrected chi connectivity index (χ1v) is 12.2. The lowest BCUT2D eigenvalue weighted by molar-refractivity contribution is 0.182. The topological polar surface area (TPSA) is 64.4 Å². The van der Waals surface area contributed by atoms with Gasteiger partial charge < -0.3 is 9.30 Å². The maximum Gasteiger partial charge on any atom is 0.227 e. The molecule has 1 heterocycles. The number of fused-ring (bicyclic) bond motifs is 1. The van der Waals surface area contributed by atoms with E-state index >= 15 is 0 Å². The summed E-state index contributed by atoms with van der Waals surface area (Å²) in [5.74, 6) is 0.0509. The lowest BCUT2D eigenvalue weighted by atomic mass is 10.0. The Balaban J connectivity index is 1.85. The average molecular weight is 444 g/mol. The third kappa shape index (κ3) is 5.93. The van der Waals surface area contributed by atoms with Gasteiger partial charge in [-0.1, -0.05) is 63.2 Å². The summed E-state index contributed by atoms with van der Waals surface area (Å²) in [6.07, 6.45) is 1.69. The van der Waals surface area contributed by atoms with E-state index in [1.54, 1.807) is 17.9 Å². The van der Waals surface area contributed by atoms with Gasteiger partial charge >= 0.3 is 0 Å². The summed E-state index contributed by atoms with van der Waals surface area (Å²) in [5.41, 5.74) is 1.76. The second-order valence-corrected chi connectivity index (χ2v) is 11.2. The Morgan fingerprint density at radius 1 is 1.06 bits per heavy atom. The molecule has 2 aromatic carbocycles. The van der Waals surface area contributed by atoms with Crippen molar-refractivity contribution in [3.63, 3.8) is 0 Å². The molecule has 3 rings (SSSR count). The third-order valence-corrected chi connectivity index (χ3v) is 7.20. The van der Waals surface area contributed by atoms with Crippen LogP contribution in [-0.4, -0.2) is 49.4 Å². The van der Waals surface area contributed by atoms with E-state index in [4.69, 9.17) is 4.74 Å². The second kappa shape index (κ2) is 9.51. The van der Waals surface area contributed by atoms with Crippen LogP contribution >= 0.6 is 0 Å². The van der Waals surface area contributed by atoms with Crippen LogP contribution in [0, 0.1) is 5.41 Å². The molecule has 0 aliphatic carbocycles. The highest BCUT2D eigenvalue weighted by molar-refractivity contribution is 7.91. The van der Waals surface area contributed by atoms with Gasteiger partial charge in [-0.05, 0) is 28.8 Å². The number of benzene rings is 2. The molecule has 168 valence electrons. The van der Waals surface area contributed by atoms with Crippen LogP contribution in [-0.2, 0) is 34.2 Å². The Labute approximate surface area is 185 Å². The van der Waals surface area contributed by atoms with E-state index in [0.29, 0.717) is 19.7 Å². The predicted octanol–water partition coefficient (Wildman–Crippen LogP) is 4.13. The number of methoxy groups -OCH3 is 1. The minimum atomic E-state index is -3.50. The van der Waals surface area contributed by atoms with Gasteiger partial charge in [0.15, 0.2) is 0 Å². The zero-order valence-corrected chi connectivity index (χ0v) is 19.9. The maximum absolute atomic E-state index is 13.0. The van der Waals surface area contributed by atoms with Crippen molar-refractivity contribution in [3.05, 3.63) is 59.9 Å². The molecule has 0 saturated carbocycles. The Bertz CT molecular complexity index is 1130. The summed E-state index contributed by atoms with van der Waals surface area (Å²) >= 11 is 0. The van der Waals surface area contributed by atoms with Crippen molar-refractivity contribution in [1.82, 2.24) is 14.5 Å². The number of sulfone groups is 1. The van der Waals surface area contributed by atoms with Gasteiger partial charge in [-0.15, -0.1) is 0 Å². The molecular weight excluding hydrogens is 410 g/mol. The van der Waals surface area contributed by atoms with Crippen LogP contribution < -0.4 is 0 Å². The minimum Gasteiger partial charge on any atom is -0.383 e. The third-order valence-electron chi connectivity index (χ3n) is 5.07. The van der Waals surface area contributed by atoms with Crippen LogP contribution in [0.4, 0.5) is 0 Å². The minimum absolute atomic E-state index is 0.0509. The van der Waals surface area contributed by atoms with E-state index in [1.165, 1.54) is 16.3 Å². The molecule has 0 atom stereocenters. The summed E-state index contributed by atoms with van der Waals surface area (Å²) in [4.78, 5) is 6.51. The average Bonchev–Trinajstić information content (AvgIpc) is 3.08. The monoisotopic (exact) mass is 443 g/mol. The molecule has 1 aromatic heterocycles. The summed E-state index contributed by atoms with van der Waals surface area (Å²) in [6.45, 7) is 7.98. The molecule has 0 saturated heterocycles. The van der Waals surface area contributed by atoms with E-state index in [9.17, 15) is 8.42 Å². The Hall–Kier alpha value is -2.22. The molecule has 0 aliphatic heterocycles. The fourth-order valence-electron chi connectivity index (χ4n) is 3.88. The molecule has 31 heavy (non-hydrogen) atoms. The SMILES string of the molecule is COCCn1c(CN(C)Cc2cccc3ccccc23)cnc1S(=O)(=O)CC(C)(C)C.